The number of ether oxygens (including phenoxy) is 1. The molecular formula is C23H20ClN5O4. The first-order valence-corrected chi connectivity index (χ1v) is 10.5. The highest BCUT2D eigenvalue weighted by Crippen LogP contribution is 2.20. The van der Waals surface area contributed by atoms with E-state index in [2.05, 4.69) is 15.5 Å². The lowest BCUT2D eigenvalue weighted by Gasteiger charge is -2.10. The number of nitrogens with one attached hydrogen (secondary N) is 1. The van der Waals surface area contributed by atoms with Gasteiger partial charge in [-0.15, -0.1) is 0 Å². The third-order valence-electron chi connectivity index (χ3n) is 4.89. The van der Waals surface area contributed by atoms with Gasteiger partial charge in [0.25, 0.3) is 5.56 Å². The number of hydrogen-bond donors (Lipinski definition) is 1. The fraction of sp³-hybridized carbons (Fsp3) is 0.174. The van der Waals surface area contributed by atoms with Gasteiger partial charge >= 0.3 is 5.97 Å². The average molecular weight is 466 g/mol. The van der Waals surface area contributed by atoms with Crippen LogP contribution in [0.15, 0.2) is 59.5 Å². The Labute approximate surface area is 193 Å². The Bertz CT molecular complexity index is 1410. The predicted octanol–water partition coefficient (Wildman–Crippen LogP) is 3.36. The van der Waals surface area contributed by atoms with Crippen LogP contribution in [0.5, 0.6) is 0 Å². The number of fused-ring (bicyclic) bond motifs is 1. The van der Waals surface area contributed by atoms with Crippen LogP contribution in [0, 0.1) is 6.92 Å². The van der Waals surface area contributed by atoms with E-state index >= 15 is 0 Å². The molecule has 2 aromatic heterocycles. The quantitative estimate of drug-likeness (QED) is 0.437. The van der Waals surface area contributed by atoms with Gasteiger partial charge in [-0.3, -0.25) is 9.59 Å². The van der Waals surface area contributed by atoms with Gasteiger partial charge in [0.05, 0.1) is 29.7 Å². The van der Waals surface area contributed by atoms with E-state index in [0.717, 1.165) is 4.68 Å². The van der Waals surface area contributed by atoms with E-state index in [1.54, 1.807) is 68.6 Å². The minimum atomic E-state index is -0.458. The number of rotatable bonds is 6. The smallest absolute Gasteiger partial charge is 0.338 e. The maximum Gasteiger partial charge on any atom is 0.338 e. The topological polar surface area (TPSA) is 108 Å². The summed E-state index contributed by atoms with van der Waals surface area (Å²) in [6.45, 7) is 3.45. The molecule has 1 N–H and O–H groups in total. The second kappa shape index (κ2) is 9.25. The molecule has 9 nitrogen and oxygen atoms in total. The Morgan fingerprint density at radius 3 is 2.61 bits per heavy atom. The van der Waals surface area contributed by atoms with E-state index in [4.69, 9.17) is 16.3 Å². The van der Waals surface area contributed by atoms with E-state index in [9.17, 15) is 14.4 Å². The molecule has 10 heteroatoms. The van der Waals surface area contributed by atoms with Crippen LogP contribution in [0.1, 0.15) is 23.0 Å². The minimum absolute atomic E-state index is 0.277. The molecule has 33 heavy (non-hydrogen) atoms. The van der Waals surface area contributed by atoms with Gasteiger partial charge in [0.1, 0.15) is 12.1 Å². The number of benzene rings is 2. The summed E-state index contributed by atoms with van der Waals surface area (Å²) in [4.78, 5) is 37.5. The molecular weight excluding hydrogens is 446 g/mol. The van der Waals surface area contributed by atoms with Crippen LogP contribution in [0.4, 0.5) is 5.69 Å². The van der Waals surface area contributed by atoms with Gasteiger partial charge in [0.15, 0.2) is 0 Å². The Morgan fingerprint density at radius 2 is 1.91 bits per heavy atom. The van der Waals surface area contributed by atoms with Gasteiger partial charge in [-0.05, 0) is 56.3 Å². The number of nitrogens with zero attached hydrogens (tertiary/aromatic N) is 4. The highest BCUT2D eigenvalue weighted by Gasteiger charge is 2.17. The van der Waals surface area contributed by atoms with Gasteiger partial charge in [0.2, 0.25) is 5.91 Å². The van der Waals surface area contributed by atoms with E-state index in [1.165, 1.54) is 4.68 Å². The van der Waals surface area contributed by atoms with Crippen molar-refractivity contribution in [2.24, 2.45) is 0 Å². The largest absolute Gasteiger partial charge is 0.462 e. The molecule has 0 aliphatic heterocycles. The lowest BCUT2D eigenvalue weighted by Crippen LogP contribution is -2.31. The van der Waals surface area contributed by atoms with Gasteiger partial charge in [-0.1, -0.05) is 17.7 Å². The zero-order valence-corrected chi connectivity index (χ0v) is 18.7. The van der Waals surface area contributed by atoms with E-state index in [0.29, 0.717) is 38.6 Å². The first kappa shape index (κ1) is 22.2. The van der Waals surface area contributed by atoms with Crippen molar-refractivity contribution in [3.63, 3.8) is 0 Å². The van der Waals surface area contributed by atoms with Crippen molar-refractivity contribution < 1.29 is 14.3 Å². The standard InChI is InChI=1S/C23H20ClN5O4/c1-3-33-23(32)15-7-9-17(10-8-15)26-20(30)13-28-22(31)21-19(14(2)27-28)12-25-29(21)18-6-4-5-16(24)11-18/h4-12H,3,13H2,1-2H3,(H,26,30). The molecule has 0 aliphatic rings. The summed E-state index contributed by atoms with van der Waals surface area (Å²) in [5, 5.41) is 12.4. The van der Waals surface area contributed by atoms with Crippen LogP contribution in [0.25, 0.3) is 16.6 Å². The van der Waals surface area contributed by atoms with Gasteiger partial charge < -0.3 is 10.1 Å². The van der Waals surface area contributed by atoms with Crippen molar-refractivity contribution in [2.45, 2.75) is 20.4 Å². The number of hydrogen-bond acceptors (Lipinski definition) is 6. The molecule has 0 bridgehead atoms. The van der Waals surface area contributed by atoms with E-state index in [1.807, 2.05) is 0 Å². The maximum atomic E-state index is 13.2. The molecule has 2 aromatic carbocycles. The SMILES string of the molecule is CCOC(=O)c1ccc(NC(=O)Cn2nc(C)c3cnn(-c4cccc(Cl)c4)c3c2=O)cc1. The molecule has 0 fully saturated rings. The summed E-state index contributed by atoms with van der Waals surface area (Å²) >= 11 is 6.09. The number of anilines is 1. The number of carbonyl (C=O) groups excluding carboxylic acids is 2. The van der Waals surface area contributed by atoms with Crippen molar-refractivity contribution in [2.75, 3.05) is 11.9 Å². The normalized spacial score (nSPS) is 10.9. The fourth-order valence-corrected chi connectivity index (χ4v) is 3.56. The Morgan fingerprint density at radius 1 is 1.15 bits per heavy atom. The van der Waals surface area contributed by atoms with Crippen LogP contribution in [0.3, 0.4) is 0 Å². The monoisotopic (exact) mass is 465 g/mol. The lowest BCUT2D eigenvalue weighted by atomic mass is 10.2. The fourth-order valence-electron chi connectivity index (χ4n) is 3.37. The number of aryl methyl sites for hydroxylation is 1. The summed E-state index contributed by atoms with van der Waals surface area (Å²) in [7, 11) is 0. The highest BCUT2D eigenvalue weighted by molar-refractivity contribution is 6.30. The Kier molecular flexibility index (Phi) is 6.23. The van der Waals surface area contributed by atoms with Gasteiger partial charge in [-0.25, -0.2) is 14.2 Å². The number of esters is 1. The molecule has 168 valence electrons. The predicted molar refractivity (Wildman–Crippen MR) is 124 cm³/mol. The van der Waals surface area contributed by atoms with E-state index in [-0.39, 0.29) is 13.2 Å². The molecule has 0 saturated carbocycles. The van der Waals surface area contributed by atoms with Gasteiger partial charge in [-0.2, -0.15) is 10.2 Å². The summed E-state index contributed by atoms with van der Waals surface area (Å²) in [5.41, 5.74) is 1.88. The van der Waals surface area contributed by atoms with Crippen LogP contribution < -0.4 is 10.9 Å². The summed E-state index contributed by atoms with van der Waals surface area (Å²) in [5.74, 6) is -0.882. The number of halogens is 1. The van der Waals surface area contributed by atoms with E-state index < -0.39 is 17.4 Å². The minimum Gasteiger partial charge on any atom is -0.462 e. The van der Waals surface area contributed by atoms with Crippen molar-refractivity contribution in [3.05, 3.63) is 81.4 Å². The van der Waals surface area contributed by atoms with Crippen molar-refractivity contribution >= 4 is 40.1 Å². The van der Waals surface area contributed by atoms with Crippen molar-refractivity contribution in [3.8, 4) is 5.69 Å². The third-order valence-corrected chi connectivity index (χ3v) is 5.13. The zero-order chi connectivity index (χ0) is 23.5. The molecule has 0 unspecified atom stereocenters. The summed E-state index contributed by atoms with van der Waals surface area (Å²) < 4.78 is 7.53. The first-order chi connectivity index (χ1) is 15.9. The van der Waals surface area contributed by atoms with Crippen LogP contribution >= 0.6 is 11.6 Å². The highest BCUT2D eigenvalue weighted by atomic mass is 35.5. The maximum absolute atomic E-state index is 13.2. The number of aromatic nitrogens is 4. The van der Waals surface area contributed by atoms with Crippen LogP contribution in [-0.4, -0.2) is 38.0 Å². The lowest BCUT2D eigenvalue weighted by molar-refractivity contribution is -0.117. The van der Waals surface area contributed by atoms with Crippen LogP contribution in [0.2, 0.25) is 5.02 Å². The second-order valence-electron chi connectivity index (χ2n) is 7.19. The molecule has 0 spiro atoms. The molecule has 1 amide bonds. The molecule has 0 aliphatic carbocycles. The molecule has 0 saturated heterocycles. The molecule has 4 rings (SSSR count). The Balaban J connectivity index is 1.59. The van der Waals surface area contributed by atoms with Crippen molar-refractivity contribution in [1.82, 2.24) is 19.6 Å². The van der Waals surface area contributed by atoms with Crippen molar-refractivity contribution in [1.29, 1.82) is 0 Å². The second-order valence-corrected chi connectivity index (χ2v) is 7.63. The number of amides is 1. The summed E-state index contributed by atoms with van der Waals surface area (Å²) in [6.07, 6.45) is 1.56. The first-order valence-electron chi connectivity index (χ1n) is 10.2. The third kappa shape index (κ3) is 4.63. The molecule has 4 aromatic rings. The summed E-state index contributed by atoms with van der Waals surface area (Å²) in [6, 6.07) is 13.2. The number of carbonyl (C=O) groups is 2. The molecule has 0 atom stereocenters. The Hall–Kier alpha value is -3.98. The average Bonchev–Trinajstić information content (AvgIpc) is 3.24. The van der Waals surface area contributed by atoms with Gasteiger partial charge in [0, 0.05) is 16.1 Å². The zero-order valence-electron chi connectivity index (χ0n) is 17.9. The van der Waals surface area contributed by atoms with Crippen LogP contribution in [-0.2, 0) is 16.1 Å². The molecule has 2 heterocycles. The molecule has 0 radical (unpaired) electrons.